The van der Waals surface area contributed by atoms with Gasteiger partial charge in [-0.3, -0.25) is 0 Å². The highest BCUT2D eigenvalue weighted by molar-refractivity contribution is 5.78. The lowest BCUT2D eigenvalue weighted by Crippen LogP contribution is -2.67. The first-order valence-corrected chi connectivity index (χ1v) is 4.35. The Morgan fingerprint density at radius 2 is 1.86 bits per heavy atom. The lowest BCUT2D eigenvalue weighted by molar-refractivity contribution is -0.246. The molecule has 6 nitrogen and oxygen atoms in total. The van der Waals surface area contributed by atoms with E-state index in [4.69, 9.17) is 5.11 Å². The summed E-state index contributed by atoms with van der Waals surface area (Å²) >= 11 is 0. The molecule has 2 rings (SSSR count). The molecule has 5 N–H and O–H groups in total. The van der Waals surface area contributed by atoms with Gasteiger partial charge < -0.3 is 25.5 Å². The number of carboxylic acid groups (broad SMARTS) is 1. The molecule has 0 amide bonds. The fourth-order valence-electron chi connectivity index (χ4n) is 2.51. The van der Waals surface area contributed by atoms with Crippen molar-refractivity contribution >= 4 is 5.97 Å². The van der Waals surface area contributed by atoms with Crippen molar-refractivity contribution in [3.63, 3.8) is 0 Å². The highest BCUT2D eigenvalue weighted by Crippen LogP contribution is 2.54. The quantitative estimate of drug-likeness (QED) is 0.327. The van der Waals surface area contributed by atoms with E-state index in [0.717, 1.165) is 0 Å². The Morgan fingerprint density at radius 3 is 2.29 bits per heavy atom. The number of aliphatic hydroxyl groups excluding tert-OH is 2. The van der Waals surface area contributed by atoms with Crippen LogP contribution in [0.15, 0.2) is 0 Å². The lowest BCUT2D eigenvalue weighted by Gasteiger charge is -2.49. The highest BCUT2D eigenvalue weighted by atomic mass is 16.4. The van der Waals surface area contributed by atoms with Gasteiger partial charge in [0.2, 0.25) is 0 Å². The molecule has 2 aliphatic carbocycles. The minimum Gasteiger partial charge on any atom is -0.479 e. The van der Waals surface area contributed by atoms with Crippen LogP contribution in [0.5, 0.6) is 0 Å². The summed E-state index contributed by atoms with van der Waals surface area (Å²) in [5.41, 5.74) is -3.68. The second kappa shape index (κ2) is 2.46. The lowest BCUT2D eigenvalue weighted by atomic mass is 9.66. The normalized spacial score (nSPS) is 56.4. The number of aliphatic carboxylic acids is 1. The summed E-state index contributed by atoms with van der Waals surface area (Å²) in [6.45, 7) is 0. The van der Waals surface area contributed by atoms with Gasteiger partial charge in [-0.15, -0.1) is 0 Å². The molecule has 0 aromatic heterocycles. The van der Waals surface area contributed by atoms with Crippen molar-refractivity contribution in [2.45, 2.75) is 36.3 Å². The molecule has 0 saturated heterocycles. The molecule has 0 bridgehead atoms. The van der Waals surface area contributed by atoms with Crippen molar-refractivity contribution in [2.24, 2.45) is 5.92 Å². The molecule has 2 aliphatic rings. The number of carboxylic acids is 1. The largest absolute Gasteiger partial charge is 0.479 e. The molecule has 2 saturated carbocycles. The minimum atomic E-state index is -2.03. The zero-order valence-corrected chi connectivity index (χ0v) is 7.29. The molecular weight excluding hydrogens is 192 g/mol. The van der Waals surface area contributed by atoms with Gasteiger partial charge in [0, 0.05) is 12.3 Å². The second-order valence-electron chi connectivity index (χ2n) is 4.25. The van der Waals surface area contributed by atoms with Crippen molar-refractivity contribution in [2.75, 3.05) is 0 Å². The average Bonchev–Trinajstić information content (AvgIpc) is 2.37. The molecular formula is C8H12O6. The Balaban J connectivity index is 2.25. The van der Waals surface area contributed by atoms with Crippen molar-refractivity contribution in [3.8, 4) is 0 Å². The van der Waals surface area contributed by atoms with E-state index in [1.54, 1.807) is 0 Å². The molecule has 5 unspecified atom stereocenters. The summed E-state index contributed by atoms with van der Waals surface area (Å²) in [7, 11) is 0. The predicted molar refractivity (Wildman–Crippen MR) is 42.3 cm³/mol. The summed E-state index contributed by atoms with van der Waals surface area (Å²) in [5, 5.41) is 46.5. The van der Waals surface area contributed by atoms with Crippen LogP contribution < -0.4 is 0 Å². The second-order valence-corrected chi connectivity index (χ2v) is 4.25. The minimum absolute atomic E-state index is 0.225. The van der Waals surface area contributed by atoms with Crippen molar-refractivity contribution in [3.05, 3.63) is 0 Å². The fraction of sp³-hybridized carbons (Fsp3) is 0.875. The van der Waals surface area contributed by atoms with E-state index in [1.807, 2.05) is 0 Å². The molecule has 6 heteroatoms. The van der Waals surface area contributed by atoms with Crippen LogP contribution in [0.4, 0.5) is 0 Å². The van der Waals surface area contributed by atoms with Crippen molar-refractivity contribution in [1.29, 1.82) is 0 Å². The maximum absolute atomic E-state index is 10.7. The van der Waals surface area contributed by atoms with Crippen LogP contribution in [-0.2, 0) is 4.79 Å². The third kappa shape index (κ3) is 0.912. The first kappa shape index (κ1) is 9.85. The summed E-state index contributed by atoms with van der Waals surface area (Å²) in [5.74, 6) is -2.18. The molecule has 80 valence electrons. The molecule has 0 heterocycles. The van der Waals surface area contributed by atoms with Gasteiger partial charge in [0.25, 0.3) is 0 Å². The Bertz CT molecular complexity index is 292. The average molecular weight is 204 g/mol. The van der Waals surface area contributed by atoms with E-state index in [1.165, 1.54) is 0 Å². The summed E-state index contributed by atoms with van der Waals surface area (Å²) in [4.78, 5) is 10.7. The topological polar surface area (TPSA) is 118 Å². The summed E-state index contributed by atoms with van der Waals surface area (Å²) in [6, 6.07) is 0. The Morgan fingerprint density at radius 1 is 1.29 bits per heavy atom. The van der Waals surface area contributed by atoms with E-state index in [9.17, 15) is 25.2 Å². The first-order chi connectivity index (χ1) is 6.31. The van der Waals surface area contributed by atoms with Gasteiger partial charge in [0.1, 0.15) is 11.7 Å². The Kier molecular flexibility index (Phi) is 1.73. The molecule has 14 heavy (non-hydrogen) atoms. The van der Waals surface area contributed by atoms with Crippen LogP contribution >= 0.6 is 0 Å². The molecule has 5 atom stereocenters. The van der Waals surface area contributed by atoms with E-state index in [2.05, 4.69) is 0 Å². The van der Waals surface area contributed by atoms with Crippen LogP contribution in [-0.4, -0.2) is 54.9 Å². The molecule has 0 aliphatic heterocycles. The van der Waals surface area contributed by atoms with Crippen LogP contribution in [0.2, 0.25) is 0 Å². The highest BCUT2D eigenvalue weighted by Gasteiger charge is 2.70. The third-order valence-electron chi connectivity index (χ3n) is 3.42. The predicted octanol–water partition coefficient (Wildman–Crippen LogP) is -2.32. The van der Waals surface area contributed by atoms with E-state index in [0.29, 0.717) is 0 Å². The smallest absolute Gasteiger partial charge is 0.335 e. The monoisotopic (exact) mass is 204 g/mol. The maximum Gasteiger partial charge on any atom is 0.335 e. The SMILES string of the molecule is O=C(O)C1(O)CC2C(O)C(O)C2(O)C1. The van der Waals surface area contributed by atoms with Gasteiger partial charge in [-0.2, -0.15) is 0 Å². The Hall–Kier alpha value is -0.690. The molecule has 0 spiro atoms. The molecule has 0 aromatic carbocycles. The standard InChI is InChI=1S/C8H12O6/c9-4-3-1-7(13,6(11)12)2-8(3,14)5(4)10/h3-5,9-10,13-14H,1-2H2,(H,11,12). The van der Waals surface area contributed by atoms with Gasteiger partial charge in [-0.05, 0) is 6.42 Å². The van der Waals surface area contributed by atoms with Crippen LogP contribution in [0.25, 0.3) is 0 Å². The number of carbonyl (C=O) groups is 1. The van der Waals surface area contributed by atoms with Crippen molar-refractivity contribution in [1.82, 2.24) is 0 Å². The summed E-state index contributed by atoms with van der Waals surface area (Å²) in [6.07, 6.45) is -3.16. The first-order valence-electron chi connectivity index (χ1n) is 4.35. The third-order valence-corrected chi connectivity index (χ3v) is 3.42. The van der Waals surface area contributed by atoms with Crippen LogP contribution in [0.1, 0.15) is 12.8 Å². The van der Waals surface area contributed by atoms with Gasteiger partial charge in [-0.1, -0.05) is 0 Å². The number of hydrogen-bond acceptors (Lipinski definition) is 5. The van der Waals surface area contributed by atoms with Gasteiger partial charge >= 0.3 is 5.97 Å². The zero-order chi connectivity index (χ0) is 10.7. The number of hydrogen-bond donors (Lipinski definition) is 5. The number of aliphatic hydroxyl groups is 4. The zero-order valence-electron chi connectivity index (χ0n) is 7.29. The number of fused-ring (bicyclic) bond motifs is 1. The number of rotatable bonds is 1. The fourth-order valence-corrected chi connectivity index (χ4v) is 2.51. The summed E-state index contributed by atoms with van der Waals surface area (Å²) < 4.78 is 0. The van der Waals surface area contributed by atoms with Gasteiger partial charge in [0.15, 0.2) is 5.60 Å². The van der Waals surface area contributed by atoms with Crippen LogP contribution in [0.3, 0.4) is 0 Å². The maximum atomic E-state index is 10.7. The van der Waals surface area contributed by atoms with Crippen molar-refractivity contribution < 1.29 is 30.3 Å². The van der Waals surface area contributed by atoms with E-state index < -0.39 is 41.7 Å². The van der Waals surface area contributed by atoms with Crippen LogP contribution in [0, 0.1) is 5.92 Å². The molecule has 0 aromatic rings. The van der Waals surface area contributed by atoms with Gasteiger partial charge in [0.05, 0.1) is 6.10 Å². The molecule has 2 fully saturated rings. The Labute approximate surface area is 79.4 Å². The van der Waals surface area contributed by atoms with E-state index in [-0.39, 0.29) is 6.42 Å². The molecule has 0 radical (unpaired) electrons. The van der Waals surface area contributed by atoms with E-state index >= 15 is 0 Å². The van der Waals surface area contributed by atoms with Gasteiger partial charge in [-0.25, -0.2) is 4.79 Å².